The quantitative estimate of drug-likeness (QED) is 0.380. The molecule has 0 fully saturated rings. The predicted octanol–water partition coefficient (Wildman–Crippen LogP) is 4.78. The predicted molar refractivity (Wildman–Crippen MR) is 121 cm³/mol. The fraction of sp³-hybridized carbons (Fsp3) is 0.174. The fourth-order valence-electron chi connectivity index (χ4n) is 3.08. The first-order chi connectivity index (χ1) is 14.1. The first-order valence-electron chi connectivity index (χ1n) is 9.12. The summed E-state index contributed by atoms with van der Waals surface area (Å²) in [5.41, 5.74) is 9.05. The molecule has 0 heterocycles. The first-order valence-corrected chi connectivity index (χ1v) is 11.4. The summed E-state index contributed by atoms with van der Waals surface area (Å²) in [6.07, 6.45) is 0. The Morgan fingerprint density at radius 2 is 1.41 bits per heavy atom. The van der Waals surface area contributed by atoms with Crippen LogP contribution in [0.4, 0.5) is 0 Å². The molecule has 0 bridgehead atoms. The lowest BCUT2D eigenvalue weighted by atomic mass is 9.84. The summed E-state index contributed by atoms with van der Waals surface area (Å²) in [4.78, 5) is 11.2. The van der Waals surface area contributed by atoms with Crippen molar-refractivity contribution >= 4 is 27.6 Å². The van der Waals surface area contributed by atoms with Gasteiger partial charge in [-0.2, -0.15) is 0 Å². The van der Waals surface area contributed by atoms with Crippen molar-refractivity contribution in [1.29, 1.82) is 0 Å². The summed E-state index contributed by atoms with van der Waals surface area (Å²) in [5.74, 6) is 0.0966. The van der Waals surface area contributed by atoms with E-state index < -0.39 is 16.8 Å². The lowest BCUT2D eigenvalue weighted by Crippen LogP contribution is -2.32. The molecule has 4 nitrogen and oxygen atoms in total. The number of methoxy groups -OCH3 is 1. The smallest absolute Gasteiger partial charge is 0.321 e. The lowest BCUT2D eigenvalue weighted by molar-refractivity contribution is -0.137. The van der Waals surface area contributed by atoms with Crippen LogP contribution in [0.15, 0.2) is 84.9 Å². The molecule has 150 valence electrons. The topological polar surface area (TPSA) is 72.5 Å². The molecule has 0 aliphatic carbocycles. The van der Waals surface area contributed by atoms with E-state index in [0.717, 1.165) is 22.4 Å². The maximum atomic E-state index is 11.2. The summed E-state index contributed by atoms with van der Waals surface area (Å²) >= 11 is 0. The van der Waals surface area contributed by atoms with Gasteiger partial charge in [0, 0.05) is 5.75 Å². The van der Waals surface area contributed by atoms with Gasteiger partial charge in [-0.15, -0.1) is 0 Å². The second kappa shape index (κ2) is 9.87. The SMILES string of the molecule is COc1ccc(C(SSC[C@H](N)C(=O)O)(c2ccccc2)c2ccccc2)cc1. The maximum Gasteiger partial charge on any atom is 0.321 e. The Morgan fingerprint density at radius 3 is 1.86 bits per heavy atom. The number of carbonyl (C=O) groups is 1. The van der Waals surface area contributed by atoms with Crippen molar-refractivity contribution in [2.24, 2.45) is 5.73 Å². The van der Waals surface area contributed by atoms with Gasteiger partial charge in [0.25, 0.3) is 0 Å². The molecule has 1 atom stereocenters. The number of benzene rings is 3. The molecule has 0 aliphatic heterocycles. The standard InChI is InChI=1S/C23H23NO3S2/c1-27-20-14-12-19(13-15-20)23(17-8-4-2-5-9-17,18-10-6-3-7-11-18)29-28-16-21(24)22(25)26/h2-15,21H,16,24H2,1H3,(H,25,26)/t21-/m0/s1. The highest BCUT2D eigenvalue weighted by Crippen LogP contribution is 2.53. The Morgan fingerprint density at radius 1 is 0.931 bits per heavy atom. The zero-order valence-corrected chi connectivity index (χ0v) is 17.7. The molecule has 0 saturated carbocycles. The summed E-state index contributed by atoms with van der Waals surface area (Å²) in [6.45, 7) is 0. The second-order valence-corrected chi connectivity index (χ2v) is 9.01. The summed E-state index contributed by atoms with van der Waals surface area (Å²) in [5, 5.41) is 9.16. The Kier molecular flexibility index (Phi) is 7.25. The average molecular weight is 426 g/mol. The van der Waals surface area contributed by atoms with Gasteiger partial charge in [-0.25, -0.2) is 0 Å². The minimum atomic E-state index is -0.993. The molecule has 0 aliphatic rings. The third kappa shape index (κ3) is 4.78. The van der Waals surface area contributed by atoms with Gasteiger partial charge in [0.2, 0.25) is 0 Å². The molecule has 0 spiro atoms. The van der Waals surface area contributed by atoms with Crippen LogP contribution in [0, 0.1) is 0 Å². The van der Waals surface area contributed by atoms with E-state index in [0.29, 0.717) is 5.75 Å². The van der Waals surface area contributed by atoms with E-state index in [4.69, 9.17) is 15.6 Å². The largest absolute Gasteiger partial charge is 0.497 e. The number of rotatable bonds is 9. The minimum absolute atomic E-state index is 0.303. The van der Waals surface area contributed by atoms with Crippen molar-refractivity contribution in [2.75, 3.05) is 12.9 Å². The second-order valence-electron chi connectivity index (χ2n) is 6.45. The number of hydrogen-bond acceptors (Lipinski definition) is 5. The number of carboxylic acids is 1. The van der Waals surface area contributed by atoms with Crippen LogP contribution < -0.4 is 10.5 Å². The van der Waals surface area contributed by atoms with Crippen molar-refractivity contribution in [3.63, 3.8) is 0 Å². The summed E-state index contributed by atoms with van der Waals surface area (Å²) < 4.78 is 4.81. The number of carboxylic acid groups (broad SMARTS) is 1. The van der Waals surface area contributed by atoms with Crippen molar-refractivity contribution in [3.8, 4) is 5.75 Å². The Balaban J connectivity index is 2.12. The van der Waals surface area contributed by atoms with Crippen molar-refractivity contribution < 1.29 is 14.6 Å². The zero-order valence-electron chi connectivity index (χ0n) is 16.0. The van der Waals surface area contributed by atoms with Crippen LogP contribution in [0.1, 0.15) is 16.7 Å². The van der Waals surface area contributed by atoms with Crippen LogP contribution in [0.2, 0.25) is 0 Å². The van der Waals surface area contributed by atoms with Gasteiger partial charge in [-0.05, 0) is 28.8 Å². The molecular formula is C23H23NO3S2. The van der Waals surface area contributed by atoms with E-state index in [-0.39, 0.29) is 0 Å². The number of ether oxygens (including phenoxy) is 1. The number of nitrogens with two attached hydrogens (primary N) is 1. The molecule has 3 rings (SSSR count). The molecule has 6 heteroatoms. The molecule has 0 amide bonds. The number of hydrogen-bond donors (Lipinski definition) is 2. The Hall–Kier alpha value is -2.41. The highest BCUT2D eigenvalue weighted by molar-refractivity contribution is 8.77. The van der Waals surface area contributed by atoms with Gasteiger partial charge in [0.1, 0.15) is 16.5 Å². The summed E-state index contributed by atoms with van der Waals surface area (Å²) in [7, 11) is 4.74. The van der Waals surface area contributed by atoms with Crippen LogP contribution in [-0.4, -0.2) is 30.0 Å². The maximum absolute atomic E-state index is 11.2. The highest BCUT2D eigenvalue weighted by atomic mass is 33.1. The molecule has 29 heavy (non-hydrogen) atoms. The average Bonchev–Trinajstić information content (AvgIpc) is 2.78. The molecule has 0 radical (unpaired) electrons. The Labute approximate surface area is 178 Å². The zero-order chi connectivity index (χ0) is 20.7. The highest BCUT2D eigenvalue weighted by Gasteiger charge is 2.37. The monoisotopic (exact) mass is 425 g/mol. The molecule has 0 saturated heterocycles. The van der Waals surface area contributed by atoms with Gasteiger partial charge in [0.15, 0.2) is 0 Å². The van der Waals surface area contributed by atoms with Crippen molar-refractivity contribution in [1.82, 2.24) is 0 Å². The summed E-state index contributed by atoms with van der Waals surface area (Å²) in [6, 6.07) is 27.6. The molecular weight excluding hydrogens is 402 g/mol. The third-order valence-electron chi connectivity index (χ3n) is 4.61. The van der Waals surface area contributed by atoms with E-state index in [1.165, 1.54) is 10.8 Å². The molecule has 3 N–H and O–H groups in total. The molecule has 0 unspecified atom stereocenters. The van der Waals surface area contributed by atoms with Crippen LogP contribution in [0.3, 0.4) is 0 Å². The Bertz CT molecular complexity index is 878. The van der Waals surface area contributed by atoms with E-state index in [2.05, 4.69) is 36.4 Å². The third-order valence-corrected chi connectivity index (χ3v) is 7.69. The van der Waals surface area contributed by atoms with Crippen LogP contribution in [0.5, 0.6) is 5.75 Å². The number of aliphatic carboxylic acids is 1. The van der Waals surface area contributed by atoms with Gasteiger partial charge in [-0.1, -0.05) is 94.4 Å². The molecule has 3 aromatic carbocycles. The first kappa shape index (κ1) is 21.3. The van der Waals surface area contributed by atoms with Crippen molar-refractivity contribution in [2.45, 2.75) is 10.8 Å². The van der Waals surface area contributed by atoms with Gasteiger partial charge in [0.05, 0.1) is 7.11 Å². The van der Waals surface area contributed by atoms with Crippen LogP contribution in [-0.2, 0) is 9.54 Å². The molecule has 3 aromatic rings. The minimum Gasteiger partial charge on any atom is -0.497 e. The lowest BCUT2D eigenvalue weighted by Gasteiger charge is -2.35. The van der Waals surface area contributed by atoms with Crippen LogP contribution in [0.25, 0.3) is 0 Å². The van der Waals surface area contributed by atoms with Gasteiger partial charge in [-0.3, -0.25) is 4.79 Å². The normalized spacial score (nSPS) is 12.3. The van der Waals surface area contributed by atoms with Crippen LogP contribution >= 0.6 is 21.6 Å². The van der Waals surface area contributed by atoms with Gasteiger partial charge >= 0.3 is 5.97 Å². The molecule has 0 aromatic heterocycles. The van der Waals surface area contributed by atoms with E-state index in [1.54, 1.807) is 17.9 Å². The van der Waals surface area contributed by atoms with Crippen molar-refractivity contribution in [3.05, 3.63) is 102 Å². The van der Waals surface area contributed by atoms with E-state index in [9.17, 15) is 4.79 Å². The van der Waals surface area contributed by atoms with E-state index >= 15 is 0 Å². The fourth-order valence-corrected chi connectivity index (χ4v) is 6.35. The van der Waals surface area contributed by atoms with Gasteiger partial charge < -0.3 is 15.6 Å². The van der Waals surface area contributed by atoms with E-state index in [1.807, 2.05) is 48.5 Å².